The highest BCUT2D eigenvalue weighted by molar-refractivity contribution is 5.91. The second-order valence-electron chi connectivity index (χ2n) is 2.01. The standard InChI is InChI=1S/C8H7O2/c1-6-3-2-4-7(5-6)8(9)10/h2-5H,1H2,(H,9,10)/q-1. The summed E-state index contributed by atoms with van der Waals surface area (Å²) < 4.78 is 0. The Morgan fingerprint density at radius 2 is 2.40 bits per heavy atom. The van der Waals surface area contributed by atoms with E-state index in [1.54, 1.807) is 12.5 Å². The molecule has 0 amide bonds. The largest absolute Gasteiger partial charge is 0.479 e. The fraction of sp³-hybridized carbons (Fsp3) is 0. The van der Waals surface area contributed by atoms with E-state index in [4.69, 9.17) is 5.11 Å². The van der Waals surface area contributed by atoms with Crippen molar-refractivity contribution in [3.8, 4) is 0 Å². The molecule has 0 bridgehead atoms. The minimum absolute atomic E-state index is 0.285. The predicted octanol–water partition coefficient (Wildman–Crippen LogP) is 1.33. The van der Waals surface area contributed by atoms with Crippen molar-refractivity contribution in [2.45, 2.75) is 0 Å². The molecule has 2 heteroatoms. The summed E-state index contributed by atoms with van der Waals surface area (Å²) in [6.45, 7) is 3.60. The zero-order chi connectivity index (χ0) is 7.56. The first-order valence-corrected chi connectivity index (χ1v) is 2.85. The van der Waals surface area contributed by atoms with Crippen LogP contribution in [0.25, 0.3) is 0 Å². The van der Waals surface area contributed by atoms with E-state index in [0.717, 1.165) is 5.57 Å². The van der Waals surface area contributed by atoms with Gasteiger partial charge in [0.15, 0.2) is 0 Å². The van der Waals surface area contributed by atoms with Crippen molar-refractivity contribution < 1.29 is 9.90 Å². The molecule has 10 heavy (non-hydrogen) atoms. The first-order valence-electron chi connectivity index (χ1n) is 2.85. The Labute approximate surface area is 59.2 Å². The van der Waals surface area contributed by atoms with E-state index in [1.807, 2.05) is 0 Å². The predicted molar refractivity (Wildman–Crippen MR) is 38.3 cm³/mol. The van der Waals surface area contributed by atoms with Crippen molar-refractivity contribution in [2.75, 3.05) is 0 Å². The van der Waals surface area contributed by atoms with E-state index in [2.05, 4.69) is 6.58 Å². The number of carbonyl (C=O) groups is 1. The van der Waals surface area contributed by atoms with Gasteiger partial charge in [0, 0.05) is 0 Å². The number of hydrogen-bond acceptors (Lipinski definition) is 1. The number of hydrogen-bond donors (Lipinski definition) is 1. The first-order chi connectivity index (χ1) is 4.70. The Morgan fingerprint density at radius 3 is 2.80 bits per heavy atom. The van der Waals surface area contributed by atoms with Crippen molar-refractivity contribution in [1.29, 1.82) is 0 Å². The molecule has 0 aromatic carbocycles. The lowest BCUT2D eigenvalue weighted by Gasteiger charge is -2.10. The third-order valence-corrected chi connectivity index (χ3v) is 1.17. The van der Waals surface area contributed by atoms with Gasteiger partial charge in [-0.15, -0.1) is 24.6 Å². The molecular weight excluding hydrogens is 128 g/mol. The van der Waals surface area contributed by atoms with Gasteiger partial charge in [0.05, 0.1) is 0 Å². The Kier molecular flexibility index (Phi) is 1.63. The Hall–Kier alpha value is -1.44. The van der Waals surface area contributed by atoms with Crippen LogP contribution in [0, 0.1) is 6.42 Å². The molecule has 1 N–H and O–H groups in total. The fourth-order valence-electron chi connectivity index (χ4n) is 0.704. The maximum atomic E-state index is 10.3. The monoisotopic (exact) mass is 135 g/mol. The molecule has 1 aliphatic rings. The molecule has 0 spiro atoms. The lowest BCUT2D eigenvalue weighted by molar-refractivity contribution is -0.132. The summed E-state index contributed by atoms with van der Waals surface area (Å²) in [5.41, 5.74) is 1.01. The highest BCUT2D eigenvalue weighted by atomic mass is 16.4. The first kappa shape index (κ1) is 6.68. The van der Waals surface area contributed by atoms with Crippen LogP contribution in [0.4, 0.5) is 0 Å². The van der Waals surface area contributed by atoms with Crippen LogP contribution in [0.15, 0.2) is 36.0 Å². The minimum Gasteiger partial charge on any atom is -0.479 e. The highest BCUT2D eigenvalue weighted by Crippen LogP contribution is 2.12. The van der Waals surface area contributed by atoms with Gasteiger partial charge >= 0.3 is 5.97 Å². The summed E-state index contributed by atoms with van der Waals surface area (Å²) in [6, 6.07) is 0. The van der Waals surface area contributed by atoms with Crippen molar-refractivity contribution in [3.05, 3.63) is 42.4 Å². The van der Waals surface area contributed by atoms with Crippen LogP contribution >= 0.6 is 0 Å². The van der Waals surface area contributed by atoms with Crippen LogP contribution in [0.1, 0.15) is 0 Å². The van der Waals surface area contributed by atoms with Crippen molar-refractivity contribution >= 4 is 5.97 Å². The minimum atomic E-state index is -0.912. The third-order valence-electron chi connectivity index (χ3n) is 1.17. The van der Waals surface area contributed by atoms with E-state index in [9.17, 15) is 4.79 Å². The van der Waals surface area contributed by atoms with Gasteiger partial charge in [-0.3, -0.25) is 0 Å². The number of carboxylic acid groups (broad SMARTS) is 1. The number of rotatable bonds is 1. The van der Waals surface area contributed by atoms with Crippen LogP contribution in [-0.4, -0.2) is 11.1 Å². The normalized spacial score (nSPS) is 16.0. The summed E-state index contributed by atoms with van der Waals surface area (Å²) in [7, 11) is 0. The highest BCUT2D eigenvalue weighted by Gasteiger charge is 1.99. The molecule has 2 nitrogen and oxygen atoms in total. The van der Waals surface area contributed by atoms with E-state index in [-0.39, 0.29) is 5.57 Å². The molecule has 0 fully saturated rings. The molecule has 1 aliphatic carbocycles. The second kappa shape index (κ2) is 2.43. The number of allylic oxidation sites excluding steroid dienone is 3. The SMILES string of the molecule is C=C1C=C(C(=O)O)C=C[CH-]1. The molecule has 0 saturated carbocycles. The molecule has 0 saturated heterocycles. The zero-order valence-electron chi connectivity index (χ0n) is 5.37. The van der Waals surface area contributed by atoms with E-state index >= 15 is 0 Å². The summed E-state index contributed by atoms with van der Waals surface area (Å²) in [5.74, 6) is -0.912. The van der Waals surface area contributed by atoms with Gasteiger partial charge in [0.1, 0.15) is 0 Å². The third kappa shape index (κ3) is 1.29. The summed E-state index contributed by atoms with van der Waals surface area (Å²) >= 11 is 0. The van der Waals surface area contributed by atoms with Crippen LogP contribution in [0.5, 0.6) is 0 Å². The van der Waals surface area contributed by atoms with Gasteiger partial charge < -0.3 is 5.11 Å². The van der Waals surface area contributed by atoms with Gasteiger partial charge in [0.2, 0.25) is 0 Å². The Morgan fingerprint density at radius 1 is 1.70 bits per heavy atom. The molecule has 0 aromatic rings. The van der Waals surface area contributed by atoms with Gasteiger partial charge in [-0.25, -0.2) is 4.79 Å². The molecule has 1 rings (SSSR count). The van der Waals surface area contributed by atoms with E-state index in [0.29, 0.717) is 0 Å². The molecule has 52 valence electrons. The molecule has 0 unspecified atom stereocenters. The van der Waals surface area contributed by atoms with Gasteiger partial charge in [-0.2, -0.15) is 12.2 Å². The fourth-order valence-corrected chi connectivity index (χ4v) is 0.704. The molecule has 0 atom stereocenters. The number of aliphatic carboxylic acids is 1. The maximum Gasteiger partial charge on any atom is 0.316 e. The van der Waals surface area contributed by atoms with E-state index < -0.39 is 5.97 Å². The molecule has 0 aromatic heterocycles. The summed E-state index contributed by atoms with van der Waals surface area (Å²) in [4.78, 5) is 10.3. The molecule has 0 radical (unpaired) electrons. The molecule has 0 aliphatic heterocycles. The lowest BCUT2D eigenvalue weighted by atomic mass is 10.0. The van der Waals surface area contributed by atoms with Crippen LogP contribution in [0.3, 0.4) is 0 Å². The summed E-state index contributed by atoms with van der Waals surface area (Å²) in [6.07, 6.45) is 6.50. The van der Waals surface area contributed by atoms with Gasteiger partial charge in [-0.05, 0) is 5.57 Å². The van der Waals surface area contributed by atoms with Gasteiger partial charge in [0.25, 0.3) is 0 Å². The smallest absolute Gasteiger partial charge is 0.316 e. The average Bonchev–Trinajstić information content (AvgIpc) is 1.88. The topological polar surface area (TPSA) is 37.3 Å². The van der Waals surface area contributed by atoms with Gasteiger partial charge in [-0.1, -0.05) is 0 Å². The van der Waals surface area contributed by atoms with Crippen molar-refractivity contribution in [2.24, 2.45) is 0 Å². The van der Waals surface area contributed by atoms with Crippen molar-refractivity contribution in [3.63, 3.8) is 0 Å². The molecule has 0 heterocycles. The second-order valence-corrected chi connectivity index (χ2v) is 2.01. The van der Waals surface area contributed by atoms with Crippen LogP contribution in [0.2, 0.25) is 0 Å². The maximum absolute atomic E-state index is 10.3. The van der Waals surface area contributed by atoms with Crippen LogP contribution in [-0.2, 0) is 4.79 Å². The van der Waals surface area contributed by atoms with Crippen LogP contribution < -0.4 is 0 Å². The lowest BCUT2D eigenvalue weighted by Crippen LogP contribution is -2.00. The molecular formula is C8H7O2-. The zero-order valence-corrected chi connectivity index (χ0v) is 5.37. The Balaban J connectivity index is 2.86. The van der Waals surface area contributed by atoms with E-state index in [1.165, 1.54) is 12.2 Å². The average molecular weight is 135 g/mol. The van der Waals surface area contributed by atoms with Crippen molar-refractivity contribution in [1.82, 2.24) is 0 Å². The quantitative estimate of drug-likeness (QED) is 0.550. The Bertz CT molecular complexity index is 232. The number of carboxylic acids is 1. The summed E-state index contributed by atoms with van der Waals surface area (Å²) in [5, 5.41) is 8.48.